The van der Waals surface area contributed by atoms with Gasteiger partial charge >= 0.3 is 0 Å². The molecule has 0 heterocycles. The number of fused-ring (bicyclic) bond motifs is 1. The van der Waals surface area contributed by atoms with E-state index < -0.39 is 0 Å². The zero-order chi connectivity index (χ0) is 13.1. The van der Waals surface area contributed by atoms with Crippen molar-refractivity contribution >= 4 is 0 Å². The first-order valence-corrected chi connectivity index (χ1v) is 7.10. The molecule has 0 aliphatic heterocycles. The number of hydrogen-bond donors (Lipinski definition) is 2. The van der Waals surface area contributed by atoms with Gasteiger partial charge in [-0.2, -0.15) is 0 Å². The molecular weight excluding hydrogens is 222 g/mol. The Morgan fingerprint density at radius 3 is 2.61 bits per heavy atom. The molecular formula is C16H25NO. The highest BCUT2D eigenvalue weighted by molar-refractivity contribution is 5.35. The quantitative estimate of drug-likeness (QED) is 0.838. The van der Waals surface area contributed by atoms with E-state index in [2.05, 4.69) is 32.0 Å². The van der Waals surface area contributed by atoms with Gasteiger partial charge in [0.2, 0.25) is 0 Å². The van der Waals surface area contributed by atoms with E-state index in [4.69, 9.17) is 5.73 Å². The van der Waals surface area contributed by atoms with E-state index in [0.717, 1.165) is 6.42 Å². The van der Waals surface area contributed by atoms with Gasteiger partial charge in [0.1, 0.15) is 0 Å². The Balaban J connectivity index is 2.05. The van der Waals surface area contributed by atoms with Gasteiger partial charge in [0, 0.05) is 0 Å². The molecule has 1 aromatic carbocycles. The summed E-state index contributed by atoms with van der Waals surface area (Å²) < 4.78 is 0. The van der Waals surface area contributed by atoms with Crippen molar-refractivity contribution in [1.29, 1.82) is 0 Å². The van der Waals surface area contributed by atoms with Crippen LogP contribution in [0.25, 0.3) is 0 Å². The van der Waals surface area contributed by atoms with Gasteiger partial charge in [0.25, 0.3) is 0 Å². The van der Waals surface area contributed by atoms with Crippen molar-refractivity contribution in [3.05, 3.63) is 34.9 Å². The second kappa shape index (κ2) is 5.85. The van der Waals surface area contributed by atoms with Crippen molar-refractivity contribution in [3.63, 3.8) is 0 Å². The highest BCUT2D eigenvalue weighted by Gasteiger charge is 2.22. The highest BCUT2D eigenvalue weighted by Crippen LogP contribution is 2.24. The van der Waals surface area contributed by atoms with Crippen LogP contribution >= 0.6 is 0 Å². The van der Waals surface area contributed by atoms with Crippen LogP contribution in [0.4, 0.5) is 0 Å². The molecule has 2 heteroatoms. The molecule has 0 radical (unpaired) electrons. The molecule has 0 bridgehead atoms. The van der Waals surface area contributed by atoms with Crippen LogP contribution < -0.4 is 5.73 Å². The SMILES string of the molecule is CC(C)C(CN)C(O)Cc1ccc2c(c1)CCC2. The number of aliphatic hydroxyl groups excluding tert-OH is 1. The van der Waals surface area contributed by atoms with Crippen molar-refractivity contribution in [2.75, 3.05) is 6.54 Å². The Kier molecular flexibility index (Phi) is 4.41. The molecule has 0 aromatic heterocycles. The minimum Gasteiger partial charge on any atom is -0.392 e. The Morgan fingerprint density at radius 2 is 1.94 bits per heavy atom. The van der Waals surface area contributed by atoms with Gasteiger partial charge < -0.3 is 10.8 Å². The maximum Gasteiger partial charge on any atom is 0.0623 e. The summed E-state index contributed by atoms with van der Waals surface area (Å²) in [6.45, 7) is 4.82. The van der Waals surface area contributed by atoms with Crippen molar-refractivity contribution in [3.8, 4) is 0 Å². The largest absolute Gasteiger partial charge is 0.392 e. The van der Waals surface area contributed by atoms with E-state index in [1.165, 1.54) is 36.0 Å². The van der Waals surface area contributed by atoms with Crippen molar-refractivity contribution in [2.24, 2.45) is 17.6 Å². The topological polar surface area (TPSA) is 46.2 Å². The molecule has 0 spiro atoms. The van der Waals surface area contributed by atoms with Crippen LogP contribution in [0.5, 0.6) is 0 Å². The molecule has 18 heavy (non-hydrogen) atoms. The summed E-state index contributed by atoms with van der Waals surface area (Å²) in [6, 6.07) is 6.68. The van der Waals surface area contributed by atoms with Gasteiger partial charge in [-0.05, 0) is 60.8 Å². The lowest BCUT2D eigenvalue weighted by molar-refractivity contribution is 0.0863. The number of hydrogen-bond acceptors (Lipinski definition) is 2. The Morgan fingerprint density at radius 1 is 1.22 bits per heavy atom. The molecule has 0 fully saturated rings. The summed E-state index contributed by atoms with van der Waals surface area (Å²) in [7, 11) is 0. The van der Waals surface area contributed by atoms with Crippen molar-refractivity contribution < 1.29 is 5.11 Å². The second-order valence-electron chi connectivity index (χ2n) is 5.87. The third kappa shape index (κ3) is 2.93. The smallest absolute Gasteiger partial charge is 0.0623 e. The van der Waals surface area contributed by atoms with E-state index in [0.29, 0.717) is 12.5 Å². The molecule has 0 saturated heterocycles. The normalized spacial score (nSPS) is 17.8. The molecule has 0 amide bonds. The molecule has 2 atom stereocenters. The third-order valence-electron chi connectivity index (χ3n) is 4.23. The number of nitrogens with two attached hydrogens (primary N) is 1. The first-order chi connectivity index (χ1) is 8.61. The molecule has 1 aliphatic carbocycles. The summed E-state index contributed by atoms with van der Waals surface area (Å²) >= 11 is 0. The average Bonchev–Trinajstić information content (AvgIpc) is 2.76. The lowest BCUT2D eigenvalue weighted by Crippen LogP contribution is -2.33. The summed E-state index contributed by atoms with van der Waals surface area (Å²) in [5.74, 6) is 0.623. The predicted molar refractivity (Wildman–Crippen MR) is 75.6 cm³/mol. The molecule has 0 saturated carbocycles. The Labute approximate surface area is 110 Å². The van der Waals surface area contributed by atoms with Gasteiger partial charge in [0.15, 0.2) is 0 Å². The van der Waals surface area contributed by atoms with Crippen LogP contribution in [0.3, 0.4) is 0 Å². The average molecular weight is 247 g/mol. The third-order valence-corrected chi connectivity index (χ3v) is 4.23. The van der Waals surface area contributed by atoms with E-state index in [9.17, 15) is 5.11 Å². The predicted octanol–water partition coefficient (Wildman–Crippen LogP) is 2.31. The standard InChI is InChI=1S/C16H25NO/c1-11(2)15(10-17)16(18)9-12-6-7-13-4-3-5-14(13)8-12/h6-8,11,15-16,18H,3-5,9-10,17H2,1-2H3. The van der Waals surface area contributed by atoms with E-state index in [1.807, 2.05) is 0 Å². The fraction of sp³-hybridized carbons (Fsp3) is 0.625. The van der Waals surface area contributed by atoms with E-state index >= 15 is 0 Å². The molecule has 2 unspecified atom stereocenters. The molecule has 2 nitrogen and oxygen atoms in total. The first kappa shape index (κ1) is 13.6. The van der Waals surface area contributed by atoms with Gasteiger partial charge in [-0.15, -0.1) is 0 Å². The van der Waals surface area contributed by atoms with Crippen LogP contribution in [0.1, 0.15) is 37.0 Å². The van der Waals surface area contributed by atoms with Gasteiger partial charge in [-0.3, -0.25) is 0 Å². The van der Waals surface area contributed by atoms with Crippen molar-refractivity contribution in [1.82, 2.24) is 0 Å². The first-order valence-electron chi connectivity index (χ1n) is 7.10. The number of benzene rings is 1. The van der Waals surface area contributed by atoms with Crippen LogP contribution in [0.2, 0.25) is 0 Å². The molecule has 1 aliphatic rings. The van der Waals surface area contributed by atoms with Gasteiger partial charge in [-0.1, -0.05) is 32.0 Å². The minimum absolute atomic E-state index is 0.193. The van der Waals surface area contributed by atoms with E-state index in [-0.39, 0.29) is 12.0 Å². The number of aryl methyl sites for hydroxylation is 2. The van der Waals surface area contributed by atoms with Crippen molar-refractivity contribution in [2.45, 2.75) is 45.6 Å². The maximum absolute atomic E-state index is 10.3. The Hall–Kier alpha value is -0.860. The zero-order valence-electron chi connectivity index (χ0n) is 11.5. The van der Waals surface area contributed by atoms with Crippen LogP contribution in [0, 0.1) is 11.8 Å². The zero-order valence-corrected chi connectivity index (χ0v) is 11.5. The molecule has 100 valence electrons. The fourth-order valence-corrected chi connectivity index (χ4v) is 3.02. The molecule has 3 N–H and O–H groups in total. The van der Waals surface area contributed by atoms with Gasteiger partial charge in [-0.25, -0.2) is 0 Å². The molecule has 1 aromatic rings. The number of rotatable bonds is 5. The van der Waals surface area contributed by atoms with Crippen LogP contribution in [-0.2, 0) is 19.3 Å². The lowest BCUT2D eigenvalue weighted by atomic mass is 9.87. The summed E-state index contributed by atoms with van der Waals surface area (Å²) in [6.07, 6.45) is 4.10. The maximum atomic E-state index is 10.3. The fourth-order valence-electron chi connectivity index (χ4n) is 3.02. The Bertz CT molecular complexity index is 400. The highest BCUT2D eigenvalue weighted by atomic mass is 16.3. The second-order valence-corrected chi connectivity index (χ2v) is 5.87. The van der Waals surface area contributed by atoms with E-state index in [1.54, 1.807) is 0 Å². The minimum atomic E-state index is -0.325. The van der Waals surface area contributed by atoms with Crippen LogP contribution in [0.15, 0.2) is 18.2 Å². The van der Waals surface area contributed by atoms with Crippen LogP contribution in [-0.4, -0.2) is 17.8 Å². The summed E-state index contributed by atoms with van der Waals surface area (Å²) in [5.41, 5.74) is 9.98. The summed E-state index contributed by atoms with van der Waals surface area (Å²) in [4.78, 5) is 0. The lowest BCUT2D eigenvalue weighted by Gasteiger charge is -2.25. The molecule has 2 rings (SSSR count). The monoisotopic (exact) mass is 247 g/mol. The number of aliphatic hydroxyl groups is 1. The summed E-state index contributed by atoms with van der Waals surface area (Å²) in [5, 5.41) is 10.3. The van der Waals surface area contributed by atoms with Gasteiger partial charge in [0.05, 0.1) is 6.10 Å².